The molecule has 0 aliphatic rings. The third kappa shape index (κ3) is 4.36. The summed E-state index contributed by atoms with van der Waals surface area (Å²) in [6.45, 7) is 3.06. The fraction of sp³-hybridized carbons (Fsp3) is 0.200. The van der Waals surface area contributed by atoms with Crippen LogP contribution >= 0.6 is 0 Å². The van der Waals surface area contributed by atoms with Crippen LogP contribution in [0.25, 0.3) is 11.5 Å². The van der Waals surface area contributed by atoms with Gasteiger partial charge in [0.15, 0.2) is 0 Å². The number of carbonyl (C=O) groups excluding carboxylic acids is 1. The number of amides is 1. The van der Waals surface area contributed by atoms with Crippen molar-refractivity contribution >= 4 is 11.6 Å². The van der Waals surface area contributed by atoms with Crippen molar-refractivity contribution in [3.63, 3.8) is 0 Å². The lowest BCUT2D eigenvalue weighted by Gasteiger charge is -2.12. The highest BCUT2D eigenvalue weighted by atomic mass is 19.4. The largest absolute Gasteiger partial charge is 0.441 e. The molecule has 3 aromatic rings. The molecule has 0 radical (unpaired) electrons. The average Bonchev–Trinajstić information content (AvgIpc) is 2.97. The molecule has 2 aromatic carbocycles. The molecule has 140 valence electrons. The number of halogens is 3. The topological polar surface area (TPSA) is 55.1 Å². The highest BCUT2D eigenvalue weighted by Crippen LogP contribution is 2.33. The fourth-order valence-electron chi connectivity index (χ4n) is 2.66. The molecule has 1 amide bonds. The monoisotopic (exact) mass is 374 g/mol. The summed E-state index contributed by atoms with van der Waals surface area (Å²) in [6, 6.07) is 12.9. The van der Waals surface area contributed by atoms with Gasteiger partial charge >= 0.3 is 6.18 Å². The van der Waals surface area contributed by atoms with E-state index in [0.717, 1.165) is 11.6 Å². The molecule has 0 fully saturated rings. The molecule has 0 saturated heterocycles. The fourth-order valence-corrected chi connectivity index (χ4v) is 2.66. The molecular weight excluding hydrogens is 357 g/mol. The summed E-state index contributed by atoms with van der Waals surface area (Å²) in [5, 5.41) is 2.49. The zero-order valence-electron chi connectivity index (χ0n) is 14.7. The van der Waals surface area contributed by atoms with E-state index >= 15 is 0 Å². The van der Waals surface area contributed by atoms with Gasteiger partial charge in [-0.15, -0.1) is 0 Å². The van der Waals surface area contributed by atoms with E-state index in [4.69, 9.17) is 4.42 Å². The van der Waals surface area contributed by atoms with Crippen LogP contribution in [0, 0.1) is 13.8 Å². The number of hydrogen-bond acceptors (Lipinski definition) is 3. The third-order valence-corrected chi connectivity index (χ3v) is 4.07. The van der Waals surface area contributed by atoms with Gasteiger partial charge in [-0.25, -0.2) is 4.98 Å². The van der Waals surface area contributed by atoms with E-state index in [1.807, 2.05) is 30.3 Å². The van der Waals surface area contributed by atoms with Crippen molar-refractivity contribution in [2.24, 2.45) is 0 Å². The van der Waals surface area contributed by atoms with Gasteiger partial charge in [0.05, 0.1) is 17.7 Å². The summed E-state index contributed by atoms with van der Waals surface area (Å²) in [5.41, 5.74) is 0.627. The molecule has 1 heterocycles. The summed E-state index contributed by atoms with van der Waals surface area (Å²) in [7, 11) is 0. The number of aryl methyl sites for hydroxylation is 2. The number of benzene rings is 2. The minimum atomic E-state index is -4.47. The predicted molar refractivity (Wildman–Crippen MR) is 95.2 cm³/mol. The second-order valence-electron chi connectivity index (χ2n) is 6.14. The van der Waals surface area contributed by atoms with Gasteiger partial charge in [0.2, 0.25) is 11.8 Å². The average molecular weight is 374 g/mol. The van der Waals surface area contributed by atoms with Gasteiger partial charge < -0.3 is 9.73 Å². The second-order valence-corrected chi connectivity index (χ2v) is 6.14. The maximum Gasteiger partial charge on any atom is 0.416 e. The summed E-state index contributed by atoms with van der Waals surface area (Å²) in [4.78, 5) is 16.6. The van der Waals surface area contributed by atoms with Crippen molar-refractivity contribution in [2.45, 2.75) is 26.4 Å². The smallest absolute Gasteiger partial charge is 0.416 e. The number of nitrogens with zero attached hydrogens (tertiary/aromatic N) is 1. The molecular formula is C20H17F3N2O2. The van der Waals surface area contributed by atoms with Crippen LogP contribution in [0.5, 0.6) is 0 Å². The number of anilines is 1. The van der Waals surface area contributed by atoms with E-state index in [1.165, 1.54) is 19.1 Å². The normalized spacial score (nSPS) is 11.4. The predicted octanol–water partition coefficient (Wildman–Crippen LogP) is 5.16. The Morgan fingerprint density at radius 1 is 1.11 bits per heavy atom. The first-order valence-electron chi connectivity index (χ1n) is 8.23. The molecule has 27 heavy (non-hydrogen) atoms. The molecule has 0 saturated carbocycles. The van der Waals surface area contributed by atoms with E-state index in [2.05, 4.69) is 10.3 Å². The molecule has 4 nitrogen and oxygen atoms in total. The Bertz CT molecular complexity index is 963. The Morgan fingerprint density at radius 2 is 1.81 bits per heavy atom. The molecule has 1 aromatic heterocycles. The molecule has 0 aliphatic carbocycles. The number of nitrogens with one attached hydrogen (secondary N) is 1. The van der Waals surface area contributed by atoms with Crippen LogP contribution in [0.2, 0.25) is 0 Å². The molecule has 0 aliphatic heterocycles. The van der Waals surface area contributed by atoms with E-state index in [9.17, 15) is 18.0 Å². The van der Waals surface area contributed by atoms with Crippen molar-refractivity contribution in [1.82, 2.24) is 4.98 Å². The molecule has 0 bridgehead atoms. The van der Waals surface area contributed by atoms with Crippen LogP contribution in [0.15, 0.2) is 52.9 Å². The van der Waals surface area contributed by atoms with Crippen LogP contribution in [0.1, 0.15) is 22.6 Å². The lowest BCUT2D eigenvalue weighted by atomic mass is 10.1. The lowest BCUT2D eigenvalue weighted by molar-refractivity contribution is -0.138. The molecule has 0 unspecified atom stereocenters. The van der Waals surface area contributed by atoms with Crippen molar-refractivity contribution < 1.29 is 22.4 Å². The first kappa shape index (κ1) is 18.7. The standard InChI is InChI=1S/C20H17F3N2O2/c1-12-8-9-15(10-16(12)20(21,22)23)24-18(26)11-17-13(2)27-19(25-17)14-6-4-3-5-7-14/h3-10H,11H2,1-2H3,(H,24,26). The number of aromatic nitrogens is 1. The summed E-state index contributed by atoms with van der Waals surface area (Å²) >= 11 is 0. The summed E-state index contributed by atoms with van der Waals surface area (Å²) in [5.74, 6) is 0.414. The molecule has 0 atom stereocenters. The highest BCUT2D eigenvalue weighted by molar-refractivity contribution is 5.92. The quantitative estimate of drug-likeness (QED) is 0.686. The van der Waals surface area contributed by atoms with Crippen LogP contribution in [-0.4, -0.2) is 10.9 Å². The summed E-state index contributed by atoms with van der Waals surface area (Å²) in [6.07, 6.45) is -4.57. The van der Waals surface area contributed by atoms with Crippen LogP contribution in [0.4, 0.5) is 18.9 Å². The van der Waals surface area contributed by atoms with Crippen LogP contribution < -0.4 is 5.32 Å². The van der Waals surface area contributed by atoms with Gasteiger partial charge in [0.25, 0.3) is 0 Å². The Morgan fingerprint density at radius 3 is 2.48 bits per heavy atom. The van der Waals surface area contributed by atoms with E-state index in [1.54, 1.807) is 6.92 Å². The second kappa shape index (κ2) is 7.26. The number of hydrogen-bond donors (Lipinski definition) is 1. The summed E-state index contributed by atoms with van der Waals surface area (Å²) < 4.78 is 44.6. The van der Waals surface area contributed by atoms with Crippen molar-refractivity contribution in [3.05, 3.63) is 71.1 Å². The first-order chi connectivity index (χ1) is 12.7. The minimum absolute atomic E-state index is 0.0855. The van der Waals surface area contributed by atoms with Gasteiger partial charge in [-0.2, -0.15) is 13.2 Å². The number of carbonyl (C=O) groups is 1. The van der Waals surface area contributed by atoms with Gasteiger partial charge in [-0.1, -0.05) is 24.3 Å². The van der Waals surface area contributed by atoms with Gasteiger partial charge in [-0.3, -0.25) is 4.79 Å². The number of alkyl halides is 3. The molecule has 1 N–H and O–H groups in total. The number of oxazole rings is 1. The SMILES string of the molecule is Cc1ccc(NC(=O)Cc2nc(-c3ccccc3)oc2C)cc1C(F)(F)F. The van der Waals surface area contributed by atoms with E-state index < -0.39 is 17.6 Å². The zero-order valence-corrected chi connectivity index (χ0v) is 14.7. The molecule has 3 rings (SSSR count). The Hall–Kier alpha value is -3.09. The highest BCUT2D eigenvalue weighted by Gasteiger charge is 2.32. The maximum absolute atomic E-state index is 13.0. The number of rotatable bonds is 4. The van der Waals surface area contributed by atoms with Gasteiger partial charge in [0.1, 0.15) is 5.76 Å². The van der Waals surface area contributed by atoms with Gasteiger partial charge in [0, 0.05) is 11.3 Å². The van der Waals surface area contributed by atoms with Crippen molar-refractivity contribution in [1.29, 1.82) is 0 Å². The Kier molecular flexibility index (Phi) is 5.03. The van der Waals surface area contributed by atoms with Crippen molar-refractivity contribution in [2.75, 3.05) is 5.32 Å². The third-order valence-electron chi connectivity index (χ3n) is 4.07. The van der Waals surface area contributed by atoms with E-state index in [0.29, 0.717) is 17.3 Å². The Balaban J connectivity index is 1.75. The van der Waals surface area contributed by atoms with Crippen molar-refractivity contribution in [3.8, 4) is 11.5 Å². The minimum Gasteiger partial charge on any atom is -0.441 e. The lowest BCUT2D eigenvalue weighted by Crippen LogP contribution is -2.16. The molecule has 7 heteroatoms. The first-order valence-corrected chi connectivity index (χ1v) is 8.23. The van der Waals surface area contributed by atoms with Crippen LogP contribution in [-0.2, 0) is 17.4 Å². The zero-order chi connectivity index (χ0) is 19.6. The Labute approximate surface area is 154 Å². The van der Waals surface area contributed by atoms with Gasteiger partial charge in [-0.05, 0) is 43.7 Å². The van der Waals surface area contributed by atoms with E-state index in [-0.39, 0.29) is 17.7 Å². The van der Waals surface area contributed by atoms with Crippen LogP contribution in [0.3, 0.4) is 0 Å². The molecule has 0 spiro atoms. The maximum atomic E-state index is 13.0.